The highest BCUT2D eigenvalue weighted by Crippen LogP contribution is 2.23. The lowest BCUT2D eigenvalue weighted by atomic mass is 10.1. The summed E-state index contributed by atoms with van der Waals surface area (Å²) in [5, 5.41) is 15.3. The predicted molar refractivity (Wildman–Crippen MR) is 99.5 cm³/mol. The molecule has 0 aliphatic carbocycles. The molecule has 2 heterocycles. The Balaban J connectivity index is 1.70. The van der Waals surface area contributed by atoms with Gasteiger partial charge in [0.1, 0.15) is 17.5 Å². The zero-order valence-electron chi connectivity index (χ0n) is 14.0. The topological polar surface area (TPSA) is 72.9 Å². The number of benzene rings is 2. The maximum Gasteiger partial charge on any atom is 0.264 e. The lowest BCUT2D eigenvalue weighted by Gasteiger charge is -2.14. The fraction of sp³-hybridized carbons (Fsp3) is 0.105. The molecule has 8 heteroatoms. The minimum absolute atomic E-state index is 0.00718. The Labute approximate surface area is 158 Å². The smallest absolute Gasteiger partial charge is 0.264 e. The van der Waals surface area contributed by atoms with Crippen LogP contribution in [0.1, 0.15) is 11.7 Å². The molecule has 0 amide bonds. The van der Waals surface area contributed by atoms with E-state index in [-0.39, 0.29) is 17.9 Å². The van der Waals surface area contributed by atoms with Crippen LogP contribution in [-0.2, 0) is 6.54 Å². The maximum absolute atomic E-state index is 13.1. The minimum Gasteiger partial charge on any atom is -0.386 e. The van der Waals surface area contributed by atoms with Crippen LogP contribution < -0.4 is 5.56 Å². The molecule has 2 aromatic heterocycles. The number of aliphatic hydroxyl groups excluding tert-OH is 1. The van der Waals surface area contributed by atoms with Crippen molar-refractivity contribution in [2.75, 3.05) is 0 Å². The van der Waals surface area contributed by atoms with E-state index < -0.39 is 6.10 Å². The molecule has 27 heavy (non-hydrogen) atoms. The first-order valence-electron chi connectivity index (χ1n) is 8.16. The third kappa shape index (κ3) is 3.22. The molecule has 136 valence electrons. The van der Waals surface area contributed by atoms with Crippen LogP contribution in [-0.4, -0.2) is 24.4 Å². The Morgan fingerprint density at radius 3 is 2.63 bits per heavy atom. The van der Waals surface area contributed by atoms with Crippen molar-refractivity contribution in [1.29, 1.82) is 0 Å². The van der Waals surface area contributed by atoms with Gasteiger partial charge >= 0.3 is 0 Å². The summed E-state index contributed by atoms with van der Waals surface area (Å²) in [7, 11) is 0. The number of fused-ring (bicyclic) bond motifs is 1. The molecule has 1 N–H and O–H groups in total. The van der Waals surface area contributed by atoms with Crippen molar-refractivity contribution in [1.82, 2.24) is 19.3 Å². The van der Waals surface area contributed by atoms with Crippen molar-refractivity contribution < 1.29 is 9.50 Å². The molecule has 0 saturated carbocycles. The van der Waals surface area contributed by atoms with Gasteiger partial charge in [-0.2, -0.15) is 5.10 Å². The molecule has 0 fully saturated rings. The van der Waals surface area contributed by atoms with Crippen molar-refractivity contribution in [3.8, 4) is 5.69 Å². The van der Waals surface area contributed by atoms with Crippen molar-refractivity contribution in [3.05, 3.63) is 87.8 Å². The summed E-state index contributed by atoms with van der Waals surface area (Å²) in [5.41, 5.74) is 1.15. The van der Waals surface area contributed by atoms with Crippen LogP contribution in [0.4, 0.5) is 4.39 Å². The summed E-state index contributed by atoms with van der Waals surface area (Å²) < 4.78 is 15.9. The summed E-state index contributed by atoms with van der Waals surface area (Å²) in [6.45, 7) is 0.00718. The highest BCUT2D eigenvalue weighted by molar-refractivity contribution is 6.31. The maximum atomic E-state index is 13.1. The van der Waals surface area contributed by atoms with Crippen LogP contribution in [0.25, 0.3) is 16.7 Å². The summed E-state index contributed by atoms with van der Waals surface area (Å²) in [5.74, 6) is -0.362. The van der Waals surface area contributed by atoms with E-state index in [1.807, 2.05) is 0 Å². The average Bonchev–Trinajstić information content (AvgIpc) is 3.10. The molecule has 4 aromatic rings. The van der Waals surface area contributed by atoms with Crippen LogP contribution in [0.2, 0.25) is 5.02 Å². The number of nitrogens with zero attached hydrogens (tertiary/aromatic N) is 4. The third-order valence-electron chi connectivity index (χ3n) is 4.26. The van der Waals surface area contributed by atoms with Gasteiger partial charge in [0, 0.05) is 10.6 Å². The second-order valence-corrected chi connectivity index (χ2v) is 6.42. The molecule has 1 atom stereocenters. The number of hydrogen-bond acceptors (Lipinski definition) is 4. The second kappa shape index (κ2) is 6.94. The van der Waals surface area contributed by atoms with E-state index >= 15 is 0 Å². The zero-order valence-corrected chi connectivity index (χ0v) is 14.7. The van der Waals surface area contributed by atoms with Crippen LogP contribution in [0.5, 0.6) is 0 Å². The SMILES string of the molecule is O=c1c2cnn(-c3ccc(F)cc3)c2ncn1CC(O)c1ccccc1Cl. The largest absolute Gasteiger partial charge is 0.386 e. The Bertz CT molecular complexity index is 1170. The van der Waals surface area contributed by atoms with E-state index in [0.29, 0.717) is 27.3 Å². The average molecular weight is 385 g/mol. The van der Waals surface area contributed by atoms with Gasteiger partial charge in [-0.25, -0.2) is 14.1 Å². The standard InChI is InChI=1S/C19H14ClFN4O2/c20-16-4-2-1-3-14(16)17(26)10-24-11-22-18-15(19(24)27)9-23-25(18)13-7-5-12(21)6-8-13/h1-9,11,17,26H,10H2. The van der Waals surface area contributed by atoms with Gasteiger partial charge < -0.3 is 5.11 Å². The van der Waals surface area contributed by atoms with Crippen LogP contribution in [0.3, 0.4) is 0 Å². The molecule has 1 unspecified atom stereocenters. The molecule has 0 bridgehead atoms. The van der Waals surface area contributed by atoms with Gasteiger partial charge in [-0.15, -0.1) is 0 Å². The fourth-order valence-electron chi connectivity index (χ4n) is 2.88. The third-order valence-corrected chi connectivity index (χ3v) is 4.60. The van der Waals surface area contributed by atoms with Crippen LogP contribution >= 0.6 is 11.6 Å². The van der Waals surface area contributed by atoms with E-state index in [0.717, 1.165) is 0 Å². The predicted octanol–water partition coefficient (Wildman–Crippen LogP) is 3.11. The van der Waals surface area contributed by atoms with E-state index in [9.17, 15) is 14.3 Å². The van der Waals surface area contributed by atoms with Crippen LogP contribution in [0, 0.1) is 5.82 Å². The lowest BCUT2D eigenvalue weighted by molar-refractivity contribution is 0.155. The Kier molecular flexibility index (Phi) is 4.47. The molecule has 4 rings (SSSR count). The van der Waals surface area contributed by atoms with Crippen molar-refractivity contribution >= 4 is 22.6 Å². The minimum atomic E-state index is -0.956. The lowest BCUT2D eigenvalue weighted by Crippen LogP contribution is -2.23. The zero-order chi connectivity index (χ0) is 19.0. The van der Waals surface area contributed by atoms with E-state index in [4.69, 9.17) is 11.6 Å². The van der Waals surface area contributed by atoms with Crippen molar-refractivity contribution in [2.24, 2.45) is 0 Å². The second-order valence-electron chi connectivity index (χ2n) is 6.01. The van der Waals surface area contributed by atoms with Gasteiger partial charge in [-0.05, 0) is 30.3 Å². The first kappa shape index (κ1) is 17.4. The molecular formula is C19H14ClFN4O2. The van der Waals surface area contributed by atoms with Crippen molar-refractivity contribution in [2.45, 2.75) is 12.6 Å². The van der Waals surface area contributed by atoms with Gasteiger partial charge in [-0.1, -0.05) is 29.8 Å². The summed E-state index contributed by atoms with van der Waals surface area (Å²) >= 11 is 6.10. The summed E-state index contributed by atoms with van der Waals surface area (Å²) in [4.78, 5) is 17.0. The Morgan fingerprint density at radius 1 is 1.15 bits per heavy atom. The first-order valence-corrected chi connectivity index (χ1v) is 8.54. The van der Waals surface area contributed by atoms with Gasteiger partial charge in [0.15, 0.2) is 5.65 Å². The normalized spacial score (nSPS) is 12.4. The highest BCUT2D eigenvalue weighted by Gasteiger charge is 2.16. The number of halogens is 2. The molecule has 0 spiro atoms. The molecule has 0 saturated heterocycles. The number of hydrogen-bond donors (Lipinski definition) is 1. The highest BCUT2D eigenvalue weighted by atomic mass is 35.5. The van der Waals surface area contributed by atoms with E-state index in [1.54, 1.807) is 36.4 Å². The number of aromatic nitrogens is 4. The first-order chi connectivity index (χ1) is 13.0. The monoisotopic (exact) mass is 384 g/mol. The van der Waals surface area contributed by atoms with E-state index in [2.05, 4.69) is 10.1 Å². The molecule has 0 aliphatic heterocycles. The van der Waals surface area contributed by atoms with Gasteiger partial charge in [0.25, 0.3) is 5.56 Å². The van der Waals surface area contributed by atoms with Crippen LogP contribution in [0.15, 0.2) is 65.8 Å². The fourth-order valence-corrected chi connectivity index (χ4v) is 3.14. The van der Waals surface area contributed by atoms with Gasteiger partial charge in [0.05, 0.1) is 24.5 Å². The van der Waals surface area contributed by atoms with Crippen molar-refractivity contribution in [3.63, 3.8) is 0 Å². The molecule has 0 aliphatic rings. The van der Waals surface area contributed by atoms with E-state index in [1.165, 1.54) is 33.9 Å². The molecule has 2 aromatic carbocycles. The quantitative estimate of drug-likeness (QED) is 0.586. The molecule has 6 nitrogen and oxygen atoms in total. The van der Waals surface area contributed by atoms with Gasteiger partial charge in [-0.3, -0.25) is 9.36 Å². The number of aliphatic hydroxyl groups is 1. The Morgan fingerprint density at radius 2 is 1.89 bits per heavy atom. The Hall–Kier alpha value is -3.03. The summed E-state index contributed by atoms with van der Waals surface area (Å²) in [6, 6.07) is 12.6. The molecular weight excluding hydrogens is 371 g/mol. The summed E-state index contributed by atoms with van der Waals surface area (Å²) in [6.07, 6.45) is 1.81. The van der Waals surface area contributed by atoms with Gasteiger partial charge in [0.2, 0.25) is 0 Å². The molecule has 0 radical (unpaired) electrons. The number of rotatable bonds is 4.